The Balaban J connectivity index is 0.00000110. The molecule has 1 N–H and O–H groups in total. The number of hydrogen-bond donors (Lipinski definition) is 1. The smallest absolute Gasteiger partial charge is 0.0697 e. The molecule has 2 nitrogen and oxygen atoms in total. The summed E-state index contributed by atoms with van der Waals surface area (Å²) in [5.41, 5.74) is 1.37. The van der Waals surface area contributed by atoms with Crippen LogP contribution < -0.4 is 5.32 Å². The average molecular weight is 410 g/mol. The molecule has 1 aromatic heterocycles. The van der Waals surface area contributed by atoms with E-state index in [0.717, 1.165) is 30.7 Å². The van der Waals surface area contributed by atoms with Crippen molar-refractivity contribution in [1.29, 1.82) is 0 Å². The summed E-state index contributed by atoms with van der Waals surface area (Å²) in [6.07, 6.45) is 0. The third kappa shape index (κ3) is 4.68. The maximum Gasteiger partial charge on any atom is 0.0697 e. The molecule has 116 valence electrons. The van der Waals surface area contributed by atoms with Crippen LogP contribution in [0.2, 0.25) is 0 Å². The fraction of sp³-hybridized carbons (Fsp3) is 0.333. The van der Waals surface area contributed by atoms with E-state index in [2.05, 4.69) is 67.9 Å². The predicted molar refractivity (Wildman–Crippen MR) is 99.2 cm³/mol. The standard InChI is InChI=1S/C15H17BrN2S.2ClH/c16-13-4-1-3-12(11-13)15(14-5-2-10-19-14)18-8-6-17-7-9-18;;/h1-5,10-11,15,17H,6-9H2;2*1H/t15-;;/m0../s1. The monoisotopic (exact) mass is 408 g/mol. The van der Waals surface area contributed by atoms with Gasteiger partial charge in [0, 0.05) is 35.5 Å². The molecule has 0 radical (unpaired) electrons. The zero-order chi connectivity index (χ0) is 13.1. The van der Waals surface area contributed by atoms with Crippen LogP contribution in [0.25, 0.3) is 0 Å². The molecule has 0 amide bonds. The van der Waals surface area contributed by atoms with Crippen molar-refractivity contribution in [2.24, 2.45) is 0 Å². The molecular formula is C15H19BrCl2N2S. The quantitative estimate of drug-likeness (QED) is 0.810. The molecule has 6 heteroatoms. The SMILES string of the molecule is Brc1cccc([C@@H](c2cccs2)N2CCNCC2)c1.Cl.Cl. The lowest BCUT2D eigenvalue weighted by molar-refractivity contribution is 0.200. The minimum Gasteiger partial charge on any atom is -0.314 e. The number of nitrogens with one attached hydrogen (secondary N) is 1. The summed E-state index contributed by atoms with van der Waals surface area (Å²) in [7, 11) is 0. The summed E-state index contributed by atoms with van der Waals surface area (Å²) < 4.78 is 1.15. The number of benzene rings is 1. The van der Waals surface area contributed by atoms with E-state index >= 15 is 0 Å². The van der Waals surface area contributed by atoms with Crippen LogP contribution >= 0.6 is 52.1 Å². The molecule has 0 aliphatic carbocycles. The third-order valence-electron chi connectivity index (χ3n) is 3.49. The zero-order valence-corrected chi connectivity index (χ0v) is 15.5. The molecule has 2 aromatic rings. The van der Waals surface area contributed by atoms with Crippen LogP contribution in [0.5, 0.6) is 0 Å². The first-order chi connectivity index (χ1) is 9.34. The molecule has 1 saturated heterocycles. The van der Waals surface area contributed by atoms with Crippen molar-refractivity contribution in [2.75, 3.05) is 26.2 Å². The van der Waals surface area contributed by atoms with E-state index in [0.29, 0.717) is 6.04 Å². The Hall–Kier alpha value is -0.100. The number of hydrogen-bond acceptors (Lipinski definition) is 3. The first kappa shape index (κ1) is 18.9. The molecule has 1 aromatic carbocycles. The van der Waals surface area contributed by atoms with Gasteiger partial charge in [0.15, 0.2) is 0 Å². The maximum absolute atomic E-state index is 3.59. The minimum absolute atomic E-state index is 0. The number of halogens is 3. The molecule has 1 atom stereocenters. The Morgan fingerprint density at radius 3 is 2.48 bits per heavy atom. The van der Waals surface area contributed by atoms with E-state index in [1.807, 2.05) is 11.3 Å². The molecule has 0 unspecified atom stereocenters. The van der Waals surface area contributed by atoms with Gasteiger partial charge in [-0.3, -0.25) is 4.90 Å². The number of rotatable bonds is 3. The van der Waals surface area contributed by atoms with Crippen LogP contribution in [0.1, 0.15) is 16.5 Å². The summed E-state index contributed by atoms with van der Waals surface area (Å²) in [6, 6.07) is 13.5. The van der Waals surface area contributed by atoms with E-state index < -0.39 is 0 Å². The summed E-state index contributed by atoms with van der Waals surface area (Å²) in [6.45, 7) is 4.37. The van der Waals surface area contributed by atoms with Crippen molar-refractivity contribution in [2.45, 2.75) is 6.04 Å². The van der Waals surface area contributed by atoms with Gasteiger partial charge in [0.2, 0.25) is 0 Å². The molecule has 1 fully saturated rings. The highest BCUT2D eigenvalue weighted by Crippen LogP contribution is 2.33. The van der Waals surface area contributed by atoms with Crippen molar-refractivity contribution in [3.8, 4) is 0 Å². The van der Waals surface area contributed by atoms with E-state index in [1.54, 1.807) is 0 Å². The summed E-state index contributed by atoms with van der Waals surface area (Å²) in [4.78, 5) is 4.00. The predicted octanol–water partition coefficient (Wildman–Crippen LogP) is 4.35. The van der Waals surface area contributed by atoms with Gasteiger partial charge in [0.25, 0.3) is 0 Å². The molecule has 2 heterocycles. The van der Waals surface area contributed by atoms with Crippen LogP contribution in [0.15, 0.2) is 46.3 Å². The van der Waals surface area contributed by atoms with Gasteiger partial charge in [-0.05, 0) is 29.1 Å². The topological polar surface area (TPSA) is 15.3 Å². The van der Waals surface area contributed by atoms with Crippen molar-refractivity contribution >= 4 is 52.1 Å². The normalized spacial score (nSPS) is 16.6. The summed E-state index contributed by atoms with van der Waals surface area (Å²) >= 11 is 5.44. The maximum atomic E-state index is 3.59. The van der Waals surface area contributed by atoms with Crippen LogP contribution in [0, 0.1) is 0 Å². The second kappa shape index (κ2) is 9.13. The van der Waals surface area contributed by atoms with Gasteiger partial charge < -0.3 is 5.32 Å². The van der Waals surface area contributed by atoms with Crippen molar-refractivity contribution in [1.82, 2.24) is 10.2 Å². The molecular weight excluding hydrogens is 391 g/mol. The van der Waals surface area contributed by atoms with Crippen molar-refractivity contribution in [3.63, 3.8) is 0 Å². The molecule has 21 heavy (non-hydrogen) atoms. The molecule has 1 aliphatic rings. The van der Waals surface area contributed by atoms with E-state index in [1.165, 1.54) is 10.4 Å². The van der Waals surface area contributed by atoms with Crippen LogP contribution in [0.4, 0.5) is 0 Å². The Morgan fingerprint density at radius 2 is 1.86 bits per heavy atom. The van der Waals surface area contributed by atoms with E-state index in [4.69, 9.17) is 0 Å². The second-order valence-electron chi connectivity index (χ2n) is 4.76. The lowest BCUT2D eigenvalue weighted by Gasteiger charge is -2.34. The Bertz CT molecular complexity index is 530. The molecule has 3 rings (SSSR count). The van der Waals surface area contributed by atoms with E-state index in [-0.39, 0.29) is 24.8 Å². The molecule has 0 spiro atoms. The lowest BCUT2D eigenvalue weighted by atomic mass is 10.0. The molecule has 0 saturated carbocycles. The third-order valence-corrected chi connectivity index (χ3v) is 4.91. The fourth-order valence-corrected chi connectivity index (χ4v) is 3.92. The van der Waals surface area contributed by atoms with Crippen molar-refractivity contribution in [3.05, 3.63) is 56.7 Å². The number of thiophene rings is 1. The van der Waals surface area contributed by atoms with E-state index in [9.17, 15) is 0 Å². The van der Waals surface area contributed by atoms with Gasteiger partial charge in [-0.15, -0.1) is 36.2 Å². The largest absolute Gasteiger partial charge is 0.314 e. The van der Waals surface area contributed by atoms with Gasteiger partial charge in [-0.1, -0.05) is 34.1 Å². The Morgan fingerprint density at radius 1 is 1.10 bits per heavy atom. The Kier molecular flexibility index (Phi) is 8.24. The first-order valence-electron chi connectivity index (χ1n) is 6.58. The van der Waals surface area contributed by atoms with Gasteiger partial charge in [0.05, 0.1) is 6.04 Å². The van der Waals surface area contributed by atoms with Gasteiger partial charge in [-0.2, -0.15) is 0 Å². The summed E-state index contributed by atoms with van der Waals surface area (Å²) in [5.74, 6) is 0. The molecule has 1 aliphatic heterocycles. The van der Waals surface area contributed by atoms with Crippen LogP contribution in [-0.4, -0.2) is 31.1 Å². The Labute approximate surface area is 150 Å². The zero-order valence-electron chi connectivity index (χ0n) is 11.5. The highest BCUT2D eigenvalue weighted by molar-refractivity contribution is 9.10. The van der Waals surface area contributed by atoms with Gasteiger partial charge in [-0.25, -0.2) is 0 Å². The number of nitrogens with zero attached hydrogens (tertiary/aromatic N) is 1. The molecule has 0 bridgehead atoms. The highest BCUT2D eigenvalue weighted by Gasteiger charge is 2.24. The fourth-order valence-electron chi connectivity index (χ4n) is 2.62. The number of piperazine rings is 1. The van der Waals surface area contributed by atoms with Crippen LogP contribution in [0.3, 0.4) is 0 Å². The summed E-state index contributed by atoms with van der Waals surface area (Å²) in [5, 5.41) is 5.60. The lowest BCUT2D eigenvalue weighted by Crippen LogP contribution is -2.45. The average Bonchev–Trinajstić information content (AvgIpc) is 2.94. The minimum atomic E-state index is 0. The van der Waals surface area contributed by atoms with Crippen LogP contribution in [-0.2, 0) is 0 Å². The second-order valence-corrected chi connectivity index (χ2v) is 6.65. The first-order valence-corrected chi connectivity index (χ1v) is 8.25. The van der Waals surface area contributed by atoms with Gasteiger partial charge in [0.1, 0.15) is 0 Å². The van der Waals surface area contributed by atoms with Crippen molar-refractivity contribution < 1.29 is 0 Å². The van der Waals surface area contributed by atoms with Gasteiger partial charge >= 0.3 is 0 Å². The highest BCUT2D eigenvalue weighted by atomic mass is 79.9.